The van der Waals surface area contributed by atoms with Gasteiger partial charge in [0, 0.05) is 5.75 Å². The Morgan fingerprint density at radius 2 is 1.91 bits per heavy atom. The predicted molar refractivity (Wildman–Crippen MR) is 31.3 cm³/mol. The molecule has 3 nitrogen and oxygen atoms in total. The van der Waals surface area contributed by atoms with Crippen molar-refractivity contribution in [3.63, 3.8) is 0 Å². The standard InChI is InChI=1S/C4H5F3O3S/c5-4(6,7)11(10)2-1-3(8)9/h1-2H2,(H,8,9)/t11-/m1/s1. The van der Waals surface area contributed by atoms with Crippen molar-refractivity contribution in [2.75, 3.05) is 5.75 Å². The molecule has 0 heterocycles. The lowest BCUT2D eigenvalue weighted by molar-refractivity contribution is -0.136. The first-order valence-corrected chi connectivity index (χ1v) is 3.83. The number of carboxylic acid groups (broad SMARTS) is 1. The Morgan fingerprint density at radius 1 is 1.45 bits per heavy atom. The van der Waals surface area contributed by atoms with Crippen molar-refractivity contribution in [2.45, 2.75) is 11.9 Å². The van der Waals surface area contributed by atoms with Gasteiger partial charge in [-0.25, -0.2) is 0 Å². The van der Waals surface area contributed by atoms with Crippen LogP contribution < -0.4 is 0 Å². The van der Waals surface area contributed by atoms with Gasteiger partial charge in [-0.1, -0.05) is 0 Å². The van der Waals surface area contributed by atoms with Gasteiger partial charge in [0.15, 0.2) is 0 Å². The first-order valence-electron chi connectivity index (χ1n) is 2.51. The molecule has 11 heavy (non-hydrogen) atoms. The van der Waals surface area contributed by atoms with E-state index < -0.39 is 34.5 Å². The van der Waals surface area contributed by atoms with Crippen LogP contribution in [0.3, 0.4) is 0 Å². The average Bonchev–Trinajstić information content (AvgIpc) is 1.80. The molecule has 0 aromatic carbocycles. The van der Waals surface area contributed by atoms with Gasteiger partial charge >= 0.3 is 11.5 Å². The lowest BCUT2D eigenvalue weighted by Crippen LogP contribution is -2.20. The van der Waals surface area contributed by atoms with Crippen molar-refractivity contribution in [1.82, 2.24) is 0 Å². The van der Waals surface area contributed by atoms with Gasteiger partial charge in [-0.3, -0.25) is 9.00 Å². The van der Waals surface area contributed by atoms with Crippen LogP contribution in [0.15, 0.2) is 0 Å². The molecular formula is C4H5F3O3S. The molecule has 1 N–H and O–H groups in total. The van der Waals surface area contributed by atoms with E-state index in [-0.39, 0.29) is 0 Å². The summed E-state index contributed by atoms with van der Waals surface area (Å²) in [6.45, 7) is 0. The fraction of sp³-hybridized carbons (Fsp3) is 0.750. The Bertz CT molecular complexity index is 176. The Labute approximate surface area is 62.7 Å². The van der Waals surface area contributed by atoms with Crippen LogP contribution in [0, 0.1) is 0 Å². The molecule has 0 bridgehead atoms. The average molecular weight is 190 g/mol. The van der Waals surface area contributed by atoms with Gasteiger partial charge < -0.3 is 5.11 Å². The summed E-state index contributed by atoms with van der Waals surface area (Å²) in [5.74, 6) is -2.26. The molecule has 0 aliphatic carbocycles. The van der Waals surface area contributed by atoms with E-state index in [1.807, 2.05) is 0 Å². The molecule has 0 aromatic heterocycles. The lowest BCUT2D eigenvalue weighted by atomic mass is 10.5. The van der Waals surface area contributed by atoms with Gasteiger partial charge in [-0.2, -0.15) is 13.2 Å². The third-order valence-electron chi connectivity index (χ3n) is 0.759. The molecule has 0 radical (unpaired) electrons. The summed E-state index contributed by atoms with van der Waals surface area (Å²) >= 11 is 0. The van der Waals surface area contributed by atoms with Crippen LogP contribution in [0.5, 0.6) is 0 Å². The molecule has 0 saturated carbocycles. The maximum Gasteiger partial charge on any atom is 0.471 e. The van der Waals surface area contributed by atoms with Crippen LogP contribution in [0.2, 0.25) is 0 Å². The van der Waals surface area contributed by atoms with Gasteiger partial charge in [-0.15, -0.1) is 0 Å². The molecule has 66 valence electrons. The maximum atomic E-state index is 11.4. The highest BCUT2D eigenvalue weighted by atomic mass is 32.2. The van der Waals surface area contributed by atoms with Crippen LogP contribution in [0.4, 0.5) is 13.2 Å². The topological polar surface area (TPSA) is 54.4 Å². The summed E-state index contributed by atoms with van der Waals surface area (Å²) in [6, 6.07) is 0. The van der Waals surface area contributed by atoms with E-state index in [0.29, 0.717) is 0 Å². The molecule has 7 heteroatoms. The first-order chi connectivity index (χ1) is 4.84. The fourth-order valence-electron chi connectivity index (χ4n) is 0.296. The zero-order chi connectivity index (χ0) is 9.07. The monoisotopic (exact) mass is 190 g/mol. The van der Waals surface area contributed by atoms with Gasteiger partial charge in [0.05, 0.1) is 6.42 Å². The molecule has 0 aliphatic heterocycles. The van der Waals surface area contributed by atoms with Crippen molar-refractivity contribution >= 4 is 16.8 Å². The first kappa shape index (κ1) is 10.4. The van der Waals surface area contributed by atoms with Crippen LogP contribution in [0.1, 0.15) is 6.42 Å². The van der Waals surface area contributed by atoms with Crippen LogP contribution in [-0.2, 0) is 15.6 Å². The normalized spacial score (nSPS) is 14.5. The Morgan fingerprint density at radius 3 is 2.18 bits per heavy atom. The number of hydrogen-bond donors (Lipinski definition) is 1. The lowest BCUT2D eigenvalue weighted by Gasteiger charge is -2.02. The summed E-state index contributed by atoms with van der Waals surface area (Å²) in [4.78, 5) is 9.73. The van der Waals surface area contributed by atoms with Crippen LogP contribution in [-0.4, -0.2) is 26.5 Å². The van der Waals surface area contributed by atoms with E-state index in [4.69, 9.17) is 5.11 Å². The SMILES string of the molecule is O=C(O)CC[S@@](=O)C(F)(F)F. The minimum absolute atomic E-state index is 0.730. The molecule has 1 atom stereocenters. The van der Waals surface area contributed by atoms with Crippen molar-refractivity contribution in [1.29, 1.82) is 0 Å². The quantitative estimate of drug-likeness (QED) is 0.713. The van der Waals surface area contributed by atoms with Crippen LogP contribution >= 0.6 is 0 Å². The second-order valence-electron chi connectivity index (χ2n) is 1.64. The highest BCUT2D eigenvalue weighted by Gasteiger charge is 2.36. The van der Waals surface area contributed by atoms with E-state index in [1.165, 1.54) is 0 Å². The molecule has 0 amide bonds. The number of hydrogen-bond acceptors (Lipinski definition) is 2. The van der Waals surface area contributed by atoms with Crippen molar-refractivity contribution in [3.05, 3.63) is 0 Å². The molecule has 0 unspecified atom stereocenters. The Kier molecular flexibility index (Phi) is 3.50. The number of alkyl halides is 3. The second-order valence-corrected chi connectivity index (χ2v) is 3.20. The molecule has 0 rings (SSSR count). The molecule has 0 spiro atoms. The smallest absolute Gasteiger partial charge is 0.471 e. The van der Waals surface area contributed by atoms with Gasteiger partial charge in [-0.05, 0) is 0 Å². The number of rotatable bonds is 3. The zero-order valence-electron chi connectivity index (χ0n) is 5.22. The third kappa shape index (κ3) is 4.77. The predicted octanol–water partition coefficient (Wildman–Crippen LogP) is 0.730. The van der Waals surface area contributed by atoms with Crippen molar-refractivity contribution < 1.29 is 27.3 Å². The van der Waals surface area contributed by atoms with E-state index in [0.717, 1.165) is 0 Å². The zero-order valence-corrected chi connectivity index (χ0v) is 6.04. The number of carbonyl (C=O) groups is 1. The summed E-state index contributed by atoms with van der Waals surface area (Å²) in [5, 5.41) is 7.93. The Balaban J connectivity index is 3.80. The Hall–Kier alpha value is -0.590. The highest BCUT2D eigenvalue weighted by Crippen LogP contribution is 2.20. The minimum atomic E-state index is -4.80. The number of halogens is 3. The molecule has 0 fully saturated rings. The third-order valence-corrected chi connectivity index (χ3v) is 1.85. The fourth-order valence-corrected chi connectivity index (χ4v) is 0.887. The van der Waals surface area contributed by atoms with Gasteiger partial charge in [0.25, 0.3) is 0 Å². The van der Waals surface area contributed by atoms with E-state index >= 15 is 0 Å². The van der Waals surface area contributed by atoms with E-state index in [2.05, 4.69) is 0 Å². The molecule has 0 aromatic rings. The number of aliphatic carboxylic acids is 1. The largest absolute Gasteiger partial charge is 0.481 e. The highest BCUT2D eigenvalue weighted by molar-refractivity contribution is 7.85. The number of carboxylic acids is 1. The second kappa shape index (κ2) is 3.70. The van der Waals surface area contributed by atoms with Gasteiger partial charge in [0.1, 0.15) is 10.8 Å². The molecule has 0 aliphatic rings. The molecular weight excluding hydrogens is 185 g/mol. The summed E-state index contributed by atoms with van der Waals surface area (Å²) in [5.41, 5.74) is -4.80. The summed E-state index contributed by atoms with van der Waals surface area (Å²) < 4.78 is 44.3. The summed E-state index contributed by atoms with van der Waals surface area (Å²) in [6.07, 6.45) is -0.730. The van der Waals surface area contributed by atoms with Crippen LogP contribution in [0.25, 0.3) is 0 Å². The van der Waals surface area contributed by atoms with E-state index in [1.54, 1.807) is 0 Å². The molecule has 0 saturated heterocycles. The van der Waals surface area contributed by atoms with Crippen molar-refractivity contribution in [2.24, 2.45) is 0 Å². The minimum Gasteiger partial charge on any atom is -0.481 e. The van der Waals surface area contributed by atoms with Gasteiger partial charge in [0.2, 0.25) is 0 Å². The maximum absolute atomic E-state index is 11.4. The van der Waals surface area contributed by atoms with Crippen molar-refractivity contribution in [3.8, 4) is 0 Å². The summed E-state index contributed by atoms with van der Waals surface area (Å²) in [7, 11) is -3.04. The van der Waals surface area contributed by atoms with E-state index in [9.17, 15) is 22.2 Å².